The summed E-state index contributed by atoms with van der Waals surface area (Å²) in [6.07, 6.45) is 6.72. The number of fused-ring (bicyclic) bond motifs is 1. The van der Waals surface area contributed by atoms with Crippen molar-refractivity contribution in [3.05, 3.63) is 35.4 Å². The van der Waals surface area contributed by atoms with Crippen LogP contribution in [0.4, 0.5) is 0 Å². The number of hydrogen-bond acceptors (Lipinski definition) is 2. The number of carbonyl (C=O) groups is 1. The second kappa shape index (κ2) is 6.61. The van der Waals surface area contributed by atoms with E-state index in [0.29, 0.717) is 24.4 Å². The molecule has 0 bridgehead atoms. The standard InChI is InChI=1S/C18H26N2O/c1-2-18(21)20-12-11-15(13-20)19-17-10-6-4-8-14-7-3-5-9-16(14)17/h3,5,7,9,15,17,19H,2,4,6,8,10-13H2,1H3. The van der Waals surface area contributed by atoms with Crippen LogP contribution in [0.15, 0.2) is 24.3 Å². The monoisotopic (exact) mass is 286 g/mol. The predicted molar refractivity (Wildman–Crippen MR) is 85.1 cm³/mol. The van der Waals surface area contributed by atoms with E-state index in [0.717, 1.165) is 19.5 Å². The van der Waals surface area contributed by atoms with Crippen LogP contribution in [0.5, 0.6) is 0 Å². The second-order valence-electron chi connectivity index (χ2n) is 6.34. The lowest BCUT2D eigenvalue weighted by atomic mass is 9.98. The van der Waals surface area contributed by atoms with E-state index in [1.54, 1.807) is 0 Å². The maximum atomic E-state index is 11.8. The molecular formula is C18H26N2O. The number of benzene rings is 1. The third-order valence-corrected chi connectivity index (χ3v) is 4.90. The highest BCUT2D eigenvalue weighted by Gasteiger charge is 2.28. The molecule has 1 fully saturated rings. The van der Waals surface area contributed by atoms with E-state index < -0.39 is 0 Å². The number of carbonyl (C=O) groups excluding carboxylic acids is 1. The molecule has 1 N–H and O–H groups in total. The minimum absolute atomic E-state index is 0.292. The molecule has 0 radical (unpaired) electrons. The molecule has 0 spiro atoms. The van der Waals surface area contributed by atoms with Crippen molar-refractivity contribution in [2.75, 3.05) is 13.1 Å². The molecule has 2 unspecified atom stereocenters. The molecule has 3 nitrogen and oxygen atoms in total. The van der Waals surface area contributed by atoms with Crippen molar-refractivity contribution in [3.8, 4) is 0 Å². The first-order chi connectivity index (χ1) is 10.3. The number of hydrogen-bond donors (Lipinski definition) is 1. The summed E-state index contributed by atoms with van der Waals surface area (Å²) < 4.78 is 0. The van der Waals surface area contributed by atoms with Crippen LogP contribution in [0, 0.1) is 0 Å². The van der Waals surface area contributed by atoms with Gasteiger partial charge in [0.2, 0.25) is 5.91 Å². The topological polar surface area (TPSA) is 32.3 Å². The van der Waals surface area contributed by atoms with Gasteiger partial charge in [-0.3, -0.25) is 4.79 Å². The zero-order valence-electron chi connectivity index (χ0n) is 13.0. The van der Waals surface area contributed by atoms with Crippen LogP contribution in [0.25, 0.3) is 0 Å². The average molecular weight is 286 g/mol. The van der Waals surface area contributed by atoms with E-state index in [-0.39, 0.29) is 0 Å². The Bertz CT molecular complexity index is 500. The lowest BCUT2D eigenvalue weighted by Gasteiger charge is -2.24. The van der Waals surface area contributed by atoms with Crippen LogP contribution in [-0.4, -0.2) is 29.9 Å². The highest BCUT2D eigenvalue weighted by atomic mass is 16.2. The molecule has 114 valence electrons. The van der Waals surface area contributed by atoms with E-state index in [9.17, 15) is 4.79 Å². The first-order valence-corrected chi connectivity index (χ1v) is 8.39. The van der Waals surface area contributed by atoms with Gasteiger partial charge in [0.15, 0.2) is 0 Å². The third kappa shape index (κ3) is 3.29. The van der Waals surface area contributed by atoms with Crippen LogP contribution in [-0.2, 0) is 11.2 Å². The molecule has 1 aliphatic heterocycles. The van der Waals surface area contributed by atoms with E-state index >= 15 is 0 Å². The highest BCUT2D eigenvalue weighted by Crippen LogP contribution is 2.29. The average Bonchev–Trinajstić information content (AvgIpc) is 2.89. The van der Waals surface area contributed by atoms with Crippen LogP contribution < -0.4 is 5.32 Å². The zero-order chi connectivity index (χ0) is 14.7. The number of likely N-dealkylation sites (tertiary alicyclic amines) is 1. The Morgan fingerprint density at radius 2 is 2.14 bits per heavy atom. The normalized spacial score (nSPS) is 25.5. The Labute approximate surface area is 127 Å². The van der Waals surface area contributed by atoms with Gasteiger partial charge in [-0.15, -0.1) is 0 Å². The number of nitrogens with one attached hydrogen (secondary N) is 1. The molecule has 3 heteroatoms. The molecule has 2 aliphatic rings. The van der Waals surface area contributed by atoms with Crippen LogP contribution in [0.3, 0.4) is 0 Å². The number of aryl methyl sites for hydroxylation is 1. The molecule has 0 saturated carbocycles. The summed E-state index contributed by atoms with van der Waals surface area (Å²) in [4.78, 5) is 13.8. The van der Waals surface area contributed by atoms with E-state index in [1.807, 2.05) is 11.8 Å². The van der Waals surface area contributed by atoms with Crippen LogP contribution in [0.1, 0.15) is 56.2 Å². The van der Waals surface area contributed by atoms with Gasteiger partial charge in [0, 0.05) is 31.6 Å². The highest BCUT2D eigenvalue weighted by molar-refractivity contribution is 5.76. The van der Waals surface area contributed by atoms with E-state index in [2.05, 4.69) is 29.6 Å². The fraction of sp³-hybridized carbons (Fsp3) is 0.611. The van der Waals surface area contributed by atoms with Crippen LogP contribution in [0.2, 0.25) is 0 Å². The molecule has 1 saturated heterocycles. The van der Waals surface area contributed by atoms with E-state index in [4.69, 9.17) is 0 Å². The lowest BCUT2D eigenvalue weighted by molar-refractivity contribution is -0.129. The van der Waals surface area contributed by atoms with Crippen molar-refractivity contribution in [3.63, 3.8) is 0 Å². The molecule has 21 heavy (non-hydrogen) atoms. The van der Waals surface area contributed by atoms with Gasteiger partial charge in [-0.1, -0.05) is 37.6 Å². The summed E-state index contributed by atoms with van der Waals surface area (Å²) in [5.74, 6) is 0.292. The second-order valence-corrected chi connectivity index (χ2v) is 6.34. The summed E-state index contributed by atoms with van der Waals surface area (Å²) in [6.45, 7) is 3.74. The minimum Gasteiger partial charge on any atom is -0.341 e. The van der Waals surface area contributed by atoms with Gasteiger partial charge < -0.3 is 10.2 Å². The molecule has 2 atom stereocenters. The first-order valence-electron chi connectivity index (χ1n) is 8.39. The van der Waals surface area contributed by atoms with Crippen molar-refractivity contribution in [1.82, 2.24) is 10.2 Å². The maximum Gasteiger partial charge on any atom is 0.222 e. The van der Waals surface area contributed by atoms with Crippen LogP contribution >= 0.6 is 0 Å². The summed E-state index contributed by atoms with van der Waals surface area (Å²) in [5, 5.41) is 3.83. The molecule has 0 aromatic heterocycles. The fourth-order valence-electron chi connectivity index (χ4n) is 3.73. The van der Waals surface area contributed by atoms with Gasteiger partial charge in [0.05, 0.1) is 0 Å². The molecular weight excluding hydrogens is 260 g/mol. The van der Waals surface area contributed by atoms with Gasteiger partial charge in [-0.05, 0) is 36.8 Å². The number of rotatable bonds is 3. The first kappa shape index (κ1) is 14.6. The zero-order valence-corrected chi connectivity index (χ0v) is 13.0. The summed E-state index contributed by atoms with van der Waals surface area (Å²) >= 11 is 0. The number of amides is 1. The molecule has 1 aliphatic carbocycles. The van der Waals surface area contributed by atoms with Gasteiger partial charge in [0.25, 0.3) is 0 Å². The predicted octanol–water partition coefficient (Wildman–Crippen LogP) is 3.05. The van der Waals surface area contributed by atoms with E-state index in [1.165, 1.54) is 36.8 Å². The Morgan fingerprint density at radius 3 is 3.00 bits per heavy atom. The Kier molecular flexibility index (Phi) is 4.59. The molecule has 1 amide bonds. The number of nitrogens with zero attached hydrogens (tertiary/aromatic N) is 1. The van der Waals surface area contributed by atoms with Gasteiger partial charge in [0.1, 0.15) is 0 Å². The SMILES string of the molecule is CCC(=O)N1CCC(NC2CCCCc3ccccc32)C1. The van der Waals surface area contributed by atoms with Gasteiger partial charge in [-0.2, -0.15) is 0 Å². The Morgan fingerprint density at radius 1 is 1.29 bits per heavy atom. The molecule has 1 heterocycles. The summed E-state index contributed by atoms with van der Waals surface area (Å²) in [5.41, 5.74) is 2.99. The largest absolute Gasteiger partial charge is 0.341 e. The minimum atomic E-state index is 0.292. The molecule has 1 aromatic rings. The van der Waals surface area contributed by atoms with Crippen molar-refractivity contribution >= 4 is 5.91 Å². The Hall–Kier alpha value is -1.35. The van der Waals surface area contributed by atoms with Crippen molar-refractivity contribution in [1.29, 1.82) is 0 Å². The summed E-state index contributed by atoms with van der Waals surface area (Å²) in [7, 11) is 0. The smallest absolute Gasteiger partial charge is 0.222 e. The van der Waals surface area contributed by atoms with Gasteiger partial charge >= 0.3 is 0 Å². The third-order valence-electron chi connectivity index (χ3n) is 4.90. The quantitative estimate of drug-likeness (QED) is 0.866. The van der Waals surface area contributed by atoms with Crippen molar-refractivity contribution < 1.29 is 4.79 Å². The fourth-order valence-corrected chi connectivity index (χ4v) is 3.73. The van der Waals surface area contributed by atoms with Gasteiger partial charge in [-0.25, -0.2) is 0 Å². The van der Waals surface area contributed by atoms with Crippen molar-refractivity contribution in [2.45, 2.75) is 57.5 Å². The van der Waals surface area contributed by atoms with Crippen molar-refractivity contribution in [2.24, 2.45) is 0 Å². The summed E-state index contributed by atoms with van der Waals surface area (Å²) in [6, 6.07) is 9.78. The Balaban J connectivity index is 1.67. The maximum absolute atomic E-state index is 11.8. The lowest BCUT2D eigenvalue weighted by Crippen LogP contribution is -2.37. The molecule has 1 aromatic carbocycles. The molecule has 3 rings (SSSR count).